The number of nitrogens with one attached hydrogen (secondary N) is 1. The molecule has 6 heterocycles. The lowest BCUT2D eigenvalue weighted by atomic mass is 9.85. The van der Waals surface area contributed by atoms with Crippen molar-refractivity contribution in [1.29, 1.82) is 0 Å². The molecule has 4 saturated heterocycles. The summed E-state index contributed by atoms with van der Waals surface area (Å²) in [6.45, 7) is 5.61. The Morgan fingerprint density at radius 3 is 2.83 bits per heavy atom. The van der Waals surface area contributed by atoms with Crippen molar-refractivity contribution in [2.75, 3.05) is 31.1 Å². The van der Waals surface area contributed by atoms with E-state index in [-0.39, 0.29) is 11.3 Å². The topological polar surface area (TPSA) is 73.8 Å². The summed E-state index contributed by atoms with van der Waals surface area (Å²) in [7, 11) is 0. The third-order valence-electron chi connectivity index (χ3n) is 10.9. The molecule has 2 bridgehead atoms. The molecule has 2 N–H and O–H groups in total. The third-order valence-corrected chi connectivity index (χ3v) is 10.9. The number of aromatic nitrogens is 2. The zero-order chi connectivity index (χ0) is 28.4. The minimum atomic E-state index is -0.780. The molecule has 8 rings (SSSR count). The van der Waals surface area contributed by atoms with E-state index in [1.54, 1.807) is 0 Å². The van der Waals surface area contributed by atoms with Gasteiger partial charge in [-0.1, -0.05) is 25.1 Å². The van der Waals surface area contributed by atoms with Crippen LogP contribution < -0.4 is 15.0 Å². The van der Waals surface area contributed by atoms with Gasteiger partial charge >= 0.3 is 6.01 Å². The molecule has 5 aliphatic rings. The number of phenols is 1. The van der Waals surface area contributed by atoms with Crippen LogP contribution >= 0.6 is 0 Å². The summed E-state index contributed by atoms with van der Waals surface area (Å²) in [6.07, 6.45) is 8.35. The largest absolute Gasteiger partial charge is 0.508 e. The molecular weight excluding hydrogens is 529 g/mol. The molecule has 0 spiro atoms. The number of ether oxygens (including phenoxy) is 1. The number of aryl methyl sites for hydroxylation is 1. The first-order chi connectivity index (χ1) is 20.5. The number of hydrogen-bond acceptors (Lipinski definition) is 7. The van der Waals surface area contributed by atoms with Crippen molar-refractivity contribution >= 4 is 16.5 Å². The average molecular weight is 572 g/mol. The van der Waals surface area contributed by atoms with E-state index >= 15 is 0 Å². The SMILES string of the molecule is CCc1cccc2cc(O)cc(N3CCc4c(nc(OC[C@@]56CCCN5C[C@H](F)C6)nc4C4CC5CCC(C4)N5)C3)c12. The molecule has 3 aromatic rings. The van der Waals surface area contributed by atoms with Gasteiger partial charge in [-0.2, -0.15) is 9.97 Å². The van der Waals surface area contributed by atoms with Gasteiger partial charge in [-0.15, -0.1) is 0 Å². The Morgan fingerprint density at radius 1 is 1.14 bits per heavy atom. The van der Waals surface area contributed by atoms with Gasteiger partial charge in [0.2, 0.25) is 0 Å². The average Bonchev–Trinajstić information content (AvgIpc) is 3.64. The Morgan fingerprint density at radius 2 is 2.00 bits per heavy atom. The highest BCUT2D eigenvalue weighted by Gasteiger charge is 2.49. The van der Waals surface area contributed by atoms with Crippen molar-refractivity contribution in [2.24, 2.45) is 0 Å². The number of benzene rings is 2. The van der Waals surface area contributed by atoms with E-state index in [0.29, 0.717) is 50.1 Å². The highest BCUT2D eigenvalue weighted by atomic mass is 19.1. The number of anilines is 1. The van der Waals surface area contributed by atoms with Crippen LogP contribution in [0.1, 0.15) is 80.3 Å². The Bertz CT molecular complexity index is 1500. The molecule has 0 amide bonds. The van der Waals surface area contributed by atoms with Crippen molar-refractivity contribution in [2.45, 2.75) is 101 Å². The maximum absolute atomic E-state index is 14.5. The van der Waals surface area contributed by atoms with Crippen LogP contribution in [0.5, 0.6) is 11.8 Å². The number of halogens is 1. The quantitative estimate of drug-likeness (QED) is 0.410. The number of alkyl halides is 1. The third kappa shape index (κ3) is 4.53. The Balaban J connectivity index is 1.15. The molecule has 4 atom stereocenters. The molecule has 1 aromatic heterocycles. The predicted molar refractivity (Wildman–Crippen MR) is 162 cm³/mol. The van der Waals surface area contributed by atoms with Crippen LogP contribution in [-0.4, -0.2) is 70.0 Å². The summed E-state index contributed by atoms with van der Waals surface area (Å²) in [4.78, 5) is 14.9. The Hall–Kier alpha value is -2.97. The van der Waals surface area contributed by atoms with Crippen molar-refractivity contribution < 1.29 is 14.2 Å². The van der Waals surface area contributed by atoms with Gasteiger partial charge in [0.15, 0.2) is 0 Å². The fourth-order valence-corrected chi connectivity index (χ4v) is 8.98. The number of nitrogens with zero attached hydrogens (tertiary/aromatic N) is 4. The minimum absolute atomic E-state index is 0.226. The first-order valence-corrected chi connectivity index (χ1v) is 16.2. The standard InChI is InChI=1S/C34H42FN5O2/c1-2-21-5-3-6-22-15-27(41)16-30(31(21)22)39-12-9-28-29(19-39)37-33(38-32(28)23-13-25-7-8-26(14-23)36-25)42-20-34-10-4-11-40(34)18-24(35)17-34/h3,5-6,15-16,23-26,36,41H,2,4,7-14,17-20H2,1H3/t23?,24-,25?,26?,34+/m1/s1. The van der Waals surface area contributed by atoms with Crippen LogP contribution in [0.4, 0.5) is 10.1 Å². The molecule has 2 unspecified atom stereocenters. The molecule has 7 nitrogen and oxygen atoms in total. The smallest absolute Gasteiger partial charge is 0.316 e. The van der Waals surface area contributed by atoms with Gasteiger partial charge in [-0.05, 0) is 80.5 Å². The Labute approximate surface area is 247 Å². The maximum atomic E-state index is 14.5. The molecule has 0 aliphatic carbocycles. The van der Waals surface area contributed by atoms with Crippen LogP contribution in [0.3, 0.4) is 0 Å². The number of aromatic hydroxyl groups is 1. The first kappa shape index (κ1) is 26.6. The predicted octanol–water partition coefficient (Wildman–Crippen LogP) is 5.41. The van der Waals surface area contributed by atoms with Gasteiger partial charge < -0.3 is 20.1 Å². The highest BCUT2D eigenvalue weighted by molar-refractivity contribution is 5.98. The summed E-state index contributed by atoms with van der Waals surface area (Å²) in [5, 5.41) is 16.7. The number of fused-ring (bicyclic) bond motifs is 5. The summed E-state index contributed by atoms with van der Waals surface area (Å²) < 4.78 is 20.9. The number of phenolic OH excluding ortho intramolecular Hbond substituents is 1. The monoisotopic (exact) mass is 571 g/mol. The molecule has 8 heteroatoms. The zero-order valence-electron chi connectivity index (χ0n) is 24.6. The molecule has 4 fully saturated rings. The van der Waals surface area contributed by atoms with Gasteiger partial charge in [0.1, 0.15) is 18.5 Å². The highest BCUT2D eigenvalue weighted by Crippen LogP contribution is 2.43. The zero-order valence-corrected chi connectivity index (χ0v) is 24.6. The summed E-state index contributed by atoms with van der Waals surface area (Å²) in [5.74, 6) is 0.697. The lowest BCUT2D eigenvalue weighted by Crippen LogP contribution is -2.43. The number of piperidine rings is 1. The first-order valence-electron chi connectivity index (χ1n) is 16.2. The van der Waals surface area contributed by atoms with Crippen molar-refractivity contribution in [1.82, 2.24) is 20.2 Å². The molecular formula is C34H42FN5O2. The lowest BCUT2D eigenvalue weighted by molar-refractivity contribution is 0.106. The second kappa shape index (κ2) is 10.3. The molecule has 0 saturated carbocycles. The lowest BCUT2D eigenvalue weighted by Gasteiger charge is -2.35. The summed E-state index contributed by atoms with van der Waals surface area (Å²) in [5.41, 5.74) is 5.63. The van der Waals surface area contributed by atoms with Crippen LogP contribution in [0.2, 0.25) is 0 Å². The van der Waals surface area contributed by atoms with E-state index in [0.717, 1.165) is 68.4 Å². The molecule has 222 valence electrons. The van der Waals surface area contributed by atoms with Gasteiger partial charge in [-0.25, -0.2) is 4.39 Å². The van der Waals surface area contributed by atoms with E-state index in [9.17, 15) is 9.50 Å². The second-order valence-electron chi connectivity index (χ2n) is 13.5. The maximum Gasteiger partial charge on any atom is 0.316 e. The molecule has 2 aromatic carbocycles. The second-order valence-corrected chi connectivity index (χ2v) is 13.5. The van der Waals surface area contributed by atoms with E-state index in [4.69, 9.17) is 14.7 Å². The molecule has 42 heavy (non-hydrogen) atoms. The van der Waals surface area contributed by atoms with Crippen LogP contribution in [-0.2, 0) is 19.4 Å². The van der Waals surface area contributed by atoms with E-state index < -0.39 is 6.17 Å². The van der Waals surface area contributed by atoms with Gasteiger partial charge in [0, 0.05) is 54.7 Å². The van der Waals surface area contributed by atoms with Crippen LogP contribution in [0, 0.1) is 0 Å². The molecule has 0 radical (unpaired) electrons. The van der Waals surface area contributed by atoms with Gasteiger partial charge in [0.05, 0.1) is 23.5 Å². The van der Waals surface area contributed by atoms with E-state index in [1.165, 1.54) is 35.0 Å². The fourth-order valence-electron chi connectivity index (χ4n) is 8.98. The van der Waals surface area contributed by atoms with Gasteiger partial charge in [0.25, 0.3) is 0 Å². The van der Waals surface area contributed by atoms with Crippen LogP contribution in [0.15, 0.2) is 30.3 Å². The minimum Gasteiger partial charge on any atom is -0.508 e. The van der Waals surface area contributed by atoms with E-state index in [2.05, 4.69) is 40.2 Å². The molecule has 5 aliphatic heterocycles. The van der Waals surface area contributed by atoms with Crippen molar-refractivity contribution in [3.8, 4) is 11.8 Å². The fraction of sp³-hybridized carbons (Fsp3) is 0.588. The number of rotatable bonds is 6. The normalized spacial score (nSPS) is 30.6. The van der Waals surface area contributed by atoms with E-state index in [1.807, 2.05) is 12.1 Å². The summed E-state index contributed by atoms with van der Waals surface area (Å²) in [6, 6.07) is 11.7. The van der Waals surface area contributed by atoms with Crippen molar-refractivity contribution in [3.63, 3.8) is 0 Å². The van der Waals surface area contributed by atoms with Gasteiger partial charge in [-0.3, -0.25) is 4.90 Å². The summed E-state index contributed by atoms with van der Waals surface area (Å²) >= 11 is 0. The Kier molecular flexibility index (Phi) is 6.56. The number of hydrogen-bond donors (Lipinski definition) is 2. The van der Waals surface area contributed by atoms with Crippen molar-refractivity contribution in [3.05, 3.63) is 52.8 Å². The van der Waals surface area contributed by atoms with Crippen LogP contribution in [0.25, 0.3) is 10.8 Å².